The first-order valence-corrected chi connectivity index (χ1v) is 13.4. The van der Waals surface area contributed by atoms with Crippen LogP contribution in [0.15, 0.2) is 66.7 Å². The Morgan fingerprint density at radius 1 is 0.974 bits per heavy atom. The lowest BCUT2D eigenvalue weighted by Crippen LogP contribution is -2.48. The fourth-order valence-corrected chi connectivity index (χ4v) is 4.87. The molecule has 7 heteroatoms. The van der Waals surface area contributed by atoms with Crippen LogP contribution in [0.25, 0.3) is 0 Å². The van der Waals surface area contributed by atoms with Gasteiger partial charge in [-0.15, -0.1) is 0 Å². The summed E-state index contributed by atoms with van der Waals surface area (Å²) in [4.78, 5) is 13.1. The van der Waals surface area contributed by atoms with Crippen molar-refractivity contribution in [3.63, 3.8) is 0 Å². The maximum absolute atomic E-state index is 13.8. The van der Waals surface area contributed by atoms with E-state index >= 15 is 0 Å². The van der Waals surface area contributed by atoms with E-state index in [1.807, 2.05) is 12.1 Å². The Bertz CT molecular complexity index is 1180. The molecule has 1 aliphatic rings. The Balaban J connectivity index is 1.41. The quantitative estimate of drug-likeness (QED) is 0.300. The van der Waals surface area contributed by atoms with Gasteiger partial charge in [0.1, 0.15) is 17.4 Å². The SMILES string of the molecule is CCc1cccc(CNCC(O)C(Cc2cc(F)cc(F)c2)NC(=O)c2ccc(OC3CCCC3)cc2)c1. The van der Waals surface area contributed by atoms with Gasteiger partial charge in [0, 0.05) is 24.7 Å². The number of aliphatic hydroxyl groups is 1. The summed E-state index contributed by atoms with van der Waals surface area (Å²) in [6.45, 7) is 2.82. The number of amides is 1. The van der Waals surface area contributed by atoms with Crippen LogP contribution in [0.5, 0.6) is 5.75 Å². The van der Waals surface area contributed by atoms with Crippen LogP contribution < -0.4 is 15.4 Å². The van der Waals surface area contributed by atoms with Crippen LogP contribution in [0.3, 0.4) is 0 Å². The maximum atomic E-state index is 13.8. The molecule has 5 nitrogen and oxygen atoms in total. The summed E-state index contributed by atoms with van der Waals surface area (Å²) in [6.07, 6.45) is 4.65. The molecule has 2 atom stereocenters. The molecule has 2 unspecified atom stereocenters. The summed E-state index contributed by atoms with van der Waals surface area (Å²) in [5.41, 5.74) is 3.07. The number of carbonyl (C=O) groups is 1. The third kappa shape index (κ3) is 8.10. The van der Waals surface area contributed by atoms with E-state index in [1.165, 1.54) is 30.5 Å². The maximum Gasteiger partial charge on any atom is 0.251 e. The third-order valence-electron chi connectivity index (χ3n) is 6.96. The molecular weight excluding hydrogens is 486 g/mol. The van der Waals surface area contributed by atoms with Gasteiger partial charge in [-0.1, -0.05) is 31.2 Å². The fraction of sp³-hybridized carbons (Fsp3) is 0.387. The van der Waals surface area contributed by atoms with E-state index in [2.05, 4.69) is 29.7 Å². The minimum atomic E-state index is -0.996. The highest BCUT2D eigenvalue weighted by Crippen LogP contribution is 2.24. The number of nitrogens with one attached hydrogen (secondary N) is 2. The van der Waals surface area contributed by atoms with Crippen molar-refractivity contribution in [2.24, 2.45) is 0 Å². The average Bonchev–Trinajstić information content (AvgIpc) is 3.41. The number of hydrogen-bond donors (Lipinski definition) is 3. The molecule has 3 aromatic carbocycles. The molecule has 1 saturated carbocycles. The first kappa shape index (κ1) is 27.7. The van der Waals surface area contributed by atoms with E-state index in [4.69, 9.17) is 4.74 Å². The fourth-order valence-electron chi connectivity index (χ4n) is 4.87. The molecule has 3 N–H and O–H groups in total. The topological polar surface area (TPSA) is 70.6 Å². The molecule has 38 heavy (non-hydrogen) atoms. The highest BCUT2D eigenvalue weighted by Gasteiger charge is 2.23. The molecule has 202 valence electrons. The van der Waals surface area contributed by atoms with E-state index in [0.29, 0.717) is 17.7 Å². The predicted molar refractivity (Wildman–Crippen MR) is 144 cm³/mol. The second-order valence-corrected chi connectivity index (χ2v) is 9.98. The molecule has 0 aromatic heterocycles. The van der Waals surface area contributed by atoms with Crippen molar-refractivity contribution >= 4 is 5.91 Å². The largest absolute Gasteiger partial charge is 0.490 e. The van der Waals surface area contributed by atoms with Crippen LogP contribution in [-0.4, -0.2) is 35.8 Å². The number of hydrogen-bond acceptors (Lipinski definition) is 4. The zero-order chi connectivity index (χ0) is 26.9. The van der Waals surface area contributed by atoms with E-state index in [1.54, 1.807) is 24.3 Å². The molecule has 0 aliphatic heterocycles. The highest BCUT2D eigenvalue weighted by molar-refractivity contribution is 5.94. The molecule has 0 spiro atoms. The van der Waals surface area contributed by atoms with Crippen molar-refractivity contribution in [3.8, 4) is 5.75 Å². The van der Waals surface area contributed by atoms with Crippen molar-refractivity contribution in [1.29, 1.82) is 0 Å². The predicted octanol–water partition coefficient (Wildman–Crippen LogP) is 5.34. The average molecular weight is 523 g/mol. The van der Waals surface area contributed by atoms with Crippen LogP contribution in [0.2, 0.25) is 0 Å². The second kappa shape index (κ2) is 13.5. The molecular formula is C31H36F2N2O3. The summed E-state index contributed by atoms with van der Waals surface area (Å²) < 4.78 is 33.6. The van der Waals surface area contributed by atoms with Gasteiger partial charge in [-0.05, 0) is 91.6 Å². The van der Waals surface area contributed by atoms with Gasteiger partial charge >= 0.3 is 0 Å². The third-order valence-corrected chi connectivity index (χ3v) is 6.96. The standard InChI is InChI=1S/C31H36F2N2O3/c1-2-21-6-5-7-22(14-21)19-34-20-30(36)29(17-23-15-25(32)18-26(33)16-23)35-31(37)24-10-12-28(13-11-24)38-27-8-3-4-9-27/h5-7,10-16,18,27,29-30,34,36H,2-4,8-9,17,19-20H2,1H3,(H,35,37). The molecule has 4 rings (SSSR count). The van der Waals surface area contributed by atoms with Gasteiger partial charge in [-0.2, -0.15) is 0 Å². The lowest BCUT2D eigenvalue weighted by Gasteiger charge is -2.25. The summed E-state index contributed by atoms with van der Waals surface area (Å²) in [5, 5.41) is 17.1. The Hall–Kier alpha value is -3.29. The van der Waals surface area contributed by atoms with Gasteiger partial charge in [0.05, 0.1) is 18.2 Å². The number of ether oxygens (including phenoxy) is 1. The molecule has 1 amide bonds. The Labute approximate surface area is 223 Å². The van der Waals surface area contributed by atoms with E-state index in [-0.39, 0.29) is 25.0 Å². The van der Waals surface area contributed by atoms with Gasteiger partial charge < -0.3 is 20.5 Å². The van der Waals surface area contributed by atoms with E-state index < -0.39 is 23.8 Å². The zero-order valence-corrected chi connectivity index (χ0v) is 21.8. The summed E-state index contributed by atoms with van der Waals surface area (Å²) in [7, 11) is 0. The first-order chi connectivity index (χ1) is 18.4. The molecule has 0 saturated heterocycles. The van der Waals surface area contributed by atoms with Crippen molar-refractivity contribution < 1.29 is 23.4 Å². The molecule has 1 aliphatic carbocycles. The van der Waals surface area contributed by atoms with Crippen molar-refractivity contribution in [3.05, 3.63) is 101 Å². The zero-order valence-electron chi connectivity index (χ0n) is 21.8. The van der Waals surface area contributed by atoms with Gasteiger partial charge in [0.25, 0.3) is 5.91 Å². The number of benzene rings is 3. The number of halogens is 2. The normalized spacial score (nSPS) is 15.3. The van der Waals surface area contributed by atoms with Crippen LogP contribution in [0, 0.1) is 11.6 Å². The minimum absolute atomic E-state index is 0.0669. The van der Waals surface area contributed by atoms with Gasteiger partial charge in [-0.25, -0.2) is 8.78 Å². The van der Waals surface area contributed by atoms with Gasteiger partial charge in [0.15, 0.2) is 0 Å². The van der Waals surface area contributed by atoms with Crippen molar-refractivity contribution in [2.45, 2.75) is 70.2 Å². The van der Waals surface area contributed by atoms with E-state index in [0.717, 1.165) is 36.6 Å². The van der Waals surface area contributed by atoms with Crippen LogP contribution in [-0.2, 0) is 19.4 Å². The van der Waals surface area contributed by atoms with Crippen LogP contribution in [0.4, 0.5) is 8.78 Å². The Kier molecular flexibility index (Phi) is 9.85. The summed E-state index contributed by atoms with van der Waals surface area (Å²) in [5.74, 6) is -1.07. The molecule has 1 fully saturated rings. The first-order valence-electron chi connectivity index (χ1n) is 13.4. The monoisotopic (exact) mass is 522 g/mol. The van der Waals surface area contributed by atoms with Crippen LogP contribution in [0.1, 0.15) is 59.7 Å². The summed E-state index contributed by atoms with van der Waals surface area (Å²) in [6, 6.07) is 17.5. The summed E-state index contributed by atoms with van der Waals surface area (Å²) >= 11 is 0. The minimum Gasteiger partial charge on any atom is -0.490 e. The highest BCUT2D eigenvalue weighted by atomic mass is 19.1. The van der Waals surface area contributed by atoms with E-state index in [9.17, 15) is 18.7 Å². The Morgan fingerprint density at radius 3 is 2.34 bits per heavy atom. The van der Waals surface area contributed by atoms with Gasteiger partial charge in [-0.3, -0.25) is 4.79 Å². The number of aryl methyl sites for hydroxylation is 1. The lowest BCUT2D eigenvalue weighted by molar-refractivity contribution is 0.0829. The second-order valence-electron chi connectivity index (χ2n) is 9.98. The lowest BCUT2D eigenvalue weighted by atomic mass is 10.00. The molecule has 0 radical (unpaired) electrons. The van der Waals surface area contributed by atoms with Gasteiger partial charge in [0.2, 0.25) is 0 Å². The number of rotatable bonds is 12. The number of carbonyl (C=O) groups excluding carboxylic acids is 1. The molecule has 3 aromatic rings. The van der Waals surface area contributed by atoms with Crippen LogP contribution >= 0.6 is 0 Å². The molecule has 0 heterocycles. The smallest absolute Gasteiger partial charge is 0.251 e. The number of aliphatic hydroxyl groups excluding tert-OH is 1. The van der Waals surface area contributed by atoms with Crippen molar-refractivity contribution in [2.75, 3.05) is 6.54 Å². The van der Waals surface area contributed by atoms with Crippen molar-refractivity contribution in [1.82, 2.24) is 10.6 Å². The Morgan fingerprint density at radius 2 is 1.66 bits per heavy atom. The molecule has 0 bridgehead atoms.